The van der Waals surface area contributed by atoms with Crippen LogP contribution in [-0.2, 0) is 14.3 Å². The van der Waals surface area contributed by atoms with Gasteiger partial charge in [0.05, 0.1) is 19.8 Å². The van der Waals surface area contributed by atoms with Crippen molar-refractivity contribution in [3.8, 4) is 6.07 Å². The molecule has 1 N–H and O–H groups in total. The molecule has 0 bridgehead atoms. The zero-order chi connectivity index (χ0) is 15.1. The monoisotopic (exact) mass is 291 g/mol. The van der Waals surface area contributed by atoms with Crippen molar-refractivity contribution < 1.29 is 19.2 Å². The Hall–Kier alpha value is -1.64. The Morgan fingerprint density at radius 2 is 2.10 bits per heavy atom. The third-order valence-electron chi connectivity index (χ3n) is 3.97. The molecule has 5 heteroatoms. The Morgan fingerprint density at radius 3 is 2.76 bits per heavy atom. The lowest BCUT2D eigenvalue weighted by Crippen LogP contribution is -3.12. The number of carbonyl (C=O) groups is 1. The Balaban J connectivity index is 2.25. The fourth-order valence-electron chi connectivity index (χ4n) is 2.93. The van der Waals surface area contributed by atoms with E-state index in [4.69, 9.17) is 9.47 Å². The van der Waals surface area contributed by atoms with Crippen molar-refractivity contribution in [1.29, 1.82) is 5.26 Å². The first-order valence-corrected chi connectivity index (χ1v) is 7.70. The molecule has 0 amide bonds. The molecule has 1 aliphatic heterocycles. The van der Waals surface area contributed by atoms with Crippen LogP contribution in [0.25, 0.3) is 0 Å². The molecule has 1 aliphatic carbocycles. The number of nitrogens with one attached hydrogen (secondary N) is 1. The first-order chi connectivity index (χ1) is 10.3. The summed E-state index contributed by atoms with van der Waals surface area (Å²) >= 11 is 0. The van der Waals surface area contributed by atoms with Gasteiger partial charge >= 0.3 is 5.97 Å². The van der Waals surface area contributed by atoms with Gasteiger partial charge in [-0.15, -0.1) is 0 Å². The molecule has 0 atom stereocenters. The predicted octanol–water partition coefficient (Wildman–Crippen LogP) is 0.743. The van der Waals surface area contributed by atoms with E-state index < -0.39 is 5.97 Å². The molecule has 0 aromatic rings. The van der Waals surface area contributed by atoms with Crippen molar-refractivity contribution in [2.45, 2.75) is 32.6 Å². The van der Waals surface area contributed by atoms with Gasteiger partial charge in [0.15, 0.2) is 0 Å². The van der Waals surface area contributed by atoms with Gasteiger partial charge < -0.3 is 14.4 Å². The number of morpholine rings is 1. The Bertz CT molecular complexity index is 482. The second-order valence-electron chi connectivity index (χ2n) is 5.32. The maximum Gasteiger partial charge on any atom is 0.348 e. The highest BCUT2D eigenvalue weighted by Crippen LogP contribution is 2.23. The van der Waals surface area contributed by atoms with Crippen molar-refractivity contribution in [2.24, 2.45) is 0 Å². The zero-order valence-corrected chi connectivity index (χ0v) is 12.6. The topological polar surface area (TPSA) is 63.8 Å². The van der Waals surface area contributed by atoms with E-state index >= 15 is 0 Å². The molecule has 0 radical (unpaired) electrons. The number of nitrogens with zero attached hydrogens (tertiary/aromatic N) is 1. The molecule has 0 saturated carbocycles. The highest BCUT2D eigenvalue weighted by molar-refractivity contribution is 5.93. The van der Waals surface area contributed by atoms with Gasteiger partial charge in [-0.3, -0.25) is 0 Å². The average Bonchev–Trinajstić information content (AvgIpc) is 2.54. The molecule has 1 heterocycles. The highest BCUT2D eigenvalue weighted by atomic mass is 16.5. The molecule has 114 valence electrons. The Labute approximate surface area is 125 Å². The largest absolute Gasteiger partial charge is 0.462 e. The van der Waals surface area contributed by atoms with Crippen LogP contribution in [0.15, 0.2) is 22.9 Å². The van der Waals surface area contributed by atoms with E-state index in [9.17, 15) is 10.1 Å². The van der Waals surface area contributed by atoms with E-state index in [1.807, 2.05) is 6.07 Å². The van der Waals surface area contributed by atoms with E-state index in [0.29, 0.717) is 6.61 Å². The average molecular weight is 291 g/mol. The molecule has 1 fully saturated rings. The number of hydrogen-bond donors (Lipinski definition) is 1. The normalized spacial score (nSPS) is 21.0. The number of allylic oxidation sites excluding steroid dienone is 3. The van der Waals surface area contributed by atoms with Gasteiger partial charge in [-0.25, -0.2) is 4.79 Å². The number of ether oxygens (including phenoxy) is 2. The zero-order valence-electron chi connectivity index (χ0n) is 12.6. The SMILES string of the molecule is CCOC(=O)/C(C#N)=C/C1=C([NH+]2CCOCC2)CCCC1. The van der Waals surface area contributed by atoms with E-state index in [-0.39, 0.29) is 5.57 Å². The summed E-state index contributed by atoms with van der Waals surface area (Å²) in [5.74, 6) is -0.519. The van der Waals surface area contributed by atoms with Crippen molar-refractivity contribution in [1.82, 2.24) is 0 Å². The van der Waals surface area contributed by atoms with Crippen LogP contribution < -0.4 is 4.90 Å². The van der Waals surface area contributed by atoms with Gasteiger partial charge in [-0.2, -0.15) is 5.26 Å². The van der Waals surface area contributed by atoms with Crippen LogP contribution in [0.5, 0.6) is 0 Å². The van der Waals surface area contributed by atoms with Gasteiger partial charge in [0.1, 0.15) is 30.4 Å². The van der Waals surface area contributed by atoms with E-state index in [0.717, 1.165) is 51.1 Å². The van der Waals surface area contributed by atoms with Crippen LogP contribution >= 0.6 is 0 Å². The number of rotatable bonds is 4. The fraction of sp³-hybridized carbons (Fsp3) is 0.625. The minimum atomic E-state index is -0.519. The number of esters is 1. The summed E-state index contributed by atoms with van der Waals surface area (Å²) < 4.78 is 10.4. The second-order valence-corrected chi connectivity index (χ2v) is 5.32. The summed E-state index contributed by atoms with van der Waals surface area (Å²) in [6, 6.07) is 1.98. The number of carbonyl (C=O) groups excluding carboxylic acids is 1. The molecule has 0 aromatic carbocycles. The first kappa shape index (κ1) is 15.7. The lowest BCUT2D eigenvalue weighted by atomic mass is 9.93. The molecule has 2 aliphatic rings. The Morgan fingerprint density at radius 1 is 1.38 bits per heavy atom. The molecule has 0 spiro atoms. The van der Waals surface area contributed by atoms with Crippen LogP contribution in [0.2, 0.25) is 0 Å². The molecule has 5 nitrogen and oxygen atoms in total. The van der Waals surface area contributed by atoms with E-state index in [1.54, 1.807) is 13.0 Å². The minimum absolute atomic E-state index is 0.110. The molecular formula is C16H23N2O3+. The third-order valence-corrected chi connectivity index (χ3v) is 3.97. The summed E-state index contributed by atoms with van der Waals surface area (Å²) in [6.07, 6.45) is 6.01. The Kier molecular flexibility index (Phi) is 5.97. The van der Waals surface area contributed by atoms with Gasteiger partial charge in [0.2, 0.25) is 0 Å². The molecule has 0 unspecified atom stereocenters. The van der Waals surface area contributed by atoms with Crippen molar-refractivity contribution >= 4 is 5.97 Å². The van der Waals surface area contributed by atoms with Gasteiger partial charge in [-0.1, -0.05) is 0 Å². The standard InChI is InChI=1S/C16H22N2O3/c1-2-21-16(19)14(12-17)11-13-5-3-4-6-15(13)18-7-9-20-10-8-18/h11H,2-10H2,1H3/p+1/b14-11+. The maximum absolute atomic E-state index is 11.8. The quantitative estimate of drug-likeness (QED) is 0.471. The van der Waals surface area contributed by atoms with Crippen molar-refractivity contribution in [3.05, 3.63) is 22.9 Å². The second kappa shape index (κ2) is 7.96. The first-order valence-electron chi connectivity index (χ1n) is 7.70. The van der Waals surface area contributed by atoms with E-state index in [2.05, 4.69) is 0 Å². The summed E-state index contributed by atoms with van der Waals surface area (Å²) in [7, 11) is 0. The van der Waals surface area contributed by atoms with Gasteiger partial charge in [0, 0.05) is 12.0 Å². The summed E-state index contributed by atoms with van der Waals surface area (Å²) in [5.41, 5.74) is 2.60. The lowest BCUT2D eigenvalue weighted by Gasteiger charge is -2.29. The summed E-state index contributed by atoms with van der Waals surface area (Å²) in [4.78, 5) is 13.2. The molecule has 0 aromatic heterocycles. The fourth-order valence-corrected chi connectivity index (χ4v) is 2.93. The number of nitriles is 1. The summed E-state index contributed by atoms with van der Waals surface area (Å²) in [5, 5.41) is 9.18. The third kappa shape index (κ3) is 4.16. The number of quaternary nitrogens is 1. The smallest absolute Gasteiger partial charge is 0.348 e. The van der Waals surface area contributed by atoms with Crippen molar-refractivity contribution in [2.75, 3.05) is 32.9 Å². The lowest BCUT2D eigenvalue weighted by molar-refractivity contribution is -0.871. The predicted molar refractivity (Wildman–Crippen MR) is 77.3 cm³/mol. The molecular weight excluding hydrogens is 268 g/mol. The van der Waals surface area contributed by atoms with Gasteiger partial charge in [0.25, 0.3) is 0 Å². The molecule has 2 rings (SSSR count). The van der Waals surface area contributed by atoms with Crippen molar-refractivity contribution in [3.63, 3.8) is 0 Å². The van der Waals surface area contributed by atoms with Gasteiger partial charge in [-0.05, 0) is 32.3 Å². The van der Waals surface area contributed by atoms with Crippen LogP contribution in [0.4, 0.5) is 0 Å². The molecule has 21 heavy (non-hydrogen) atoms. The van der Waals surface area contributed by atoms with Crippen LogP contribution in [-0.4, -0.2) is 38.9 Å². The molecule has 1 saturated heterocycles. The summed E-state index contributed by atoms with van der Waals surface area (Å²) in [6.45, 7) is 5.52. The van der Waals surface area contributed by atoms with Crippen LogP contribution in [0.1, 0.15) is 32.6 Å². The van der Waals surface area contributed by atoms with E-state index in [1.165, 1.54) is 17.0 Å². The minimum Gasteiger partial charge on any atom is -0.462 e. The van der Waals surface area contributed by atoms with Crippen LogP contribution in [0.3, 0.4) is 0 Å². The number of hydrogen-bond acceptors (Lipinski definition) is 4. The van der Waals surface area contributed by atoms with Crippen LogP contribution in [0, 0.1) is 11.3 Å². The maximum atomic E-state index is 11.8. The highest BCUT2D eigenvalue weighted by Gasteiger charge is 2.25.